The molecule has 1 atom stereocenters. The molecule has 0 spiro atoms. The van der Waals surface area contributed by atoms with Crippen molar-refractivity contribution in [2.24, 2.45) is 5.92 Å². The highest BCUT2D eigenvalue weighted by Gasteiger charge is 2.27. The number of likely N-dealkylation sites (tertiary alicyclic amines) is 1. The minimum atomic E-state index is -0.0429. The second kappa shape index (κ2) is 8.45. The largest absolute Gasteiger partial charge is 0.345 e. The first-order chi connectivity index (χ1) is 11.8. The average molecular weight is 343 g/mol. The number of nitrogens with zero attached hydrogens (tertiary/aromatic N) is 1. The van der Waals surface area contributed by atoms with Crippen molar-refractivity contribution < 1.29 is 4.79 Å². The Kier molecular flexibility index (Phi) is 6.05. The number of amides is 1. The zero-order valence-corrected chi connectivity index (χ0v) is 15.1. The number of nitrogens with one attached hydrogen (secondary N) is 1. The molecule has 1 amide bonds. The van der Waals surface area contributed by atoms with Gasteiger partial charge in [-0.15, -0.1) is 0 Å². The van der Waals surface area contributed by atoms with Crippen molar-refractivity contribution in [1.82, 2.24) is 10.2 Å². The fraction of sp³-hybridized carbons (Fsp3) is 0.450. The van der Waals surface area contributed by atoms with Crippen molar-refractivity contribution in [2.45, 2.75) is 32.2 Å². The molecule has 1 N–H and O–H groups in total. The summed E-state index contributed by atoms with van der Waals surface area (Å²) in [5.41, 5.74) is 2.32. The zero-order chi connectivity index (χ0) is 16.8. The van der Waals surface area contributed by atoms with Crippen molar-refractivity contribution in [1.29, 1.82) is 0 Å². The third-order valence-electron chi connectivity index (χ3n) is 4.79. The molecule has 2 aromatic rings. The van der Waals surface area contributed by atoms with E-state index >= 15 is 0 Å². The van der Waals surface area contributed by atoms with Crippen LogP contribution in [0.2, 0.25) is 0 Å². The summed E-state index contributed by atoms with van der Waals surface area (Å²) in [6.07, 6.45) is 3.12. The number of hydrogen-bond donors (Lipinski definition) is 1. The number of piperidine rings is 1. The molecule has 1 aromatic heterocycles. The van der Waals surface area contributed by atoms with Crippen LogP contribution in [0.1, 0.15) is 43.4 Å². The number of hydrogen-bond acceptors (Lipinski definition) is 3. The lowest BCUT2D eigenvalue weighted by Gasteiger charge is -2.32. The van der Waals surface area contributed by atoms with E-state index in [-0.39, 0.29) is 17.9 Å². The summed E-state index contributed by atoms with van der Waals surface area (Å²) < 4.78 is 0. The van der Waals surface area contributed by atoms with E-state index in [9.17, 15) is 4.79 Å². The highest BCUT2D eigenvalue weighted by atomic mass is 32.1. The van der Waals surface area contributed by atoms with Gasteiger partial charge in [0.15, 0.2) is 0 Å². The Hall–Kier alpha value is -1.65. The summed E-state index contributed by atoms with van der Waals surface area (Å²) in [5, 5.41) is 7.50. The number of rotatable bonds is 6. The van der Waals surface area contributed by atoms with Crippen LogP contribution in [0.3, 0.4) is 0 Å². The van der Waals surface area contributed by atoms with Crippen molar-refractivity contribution in [3.05, 3.63) is 58.3 Å². The minimum Gasteiger partial charge on any atom is -0.345 e. The van der Waals surface area contributed by atoms with Crippen LogP contribution in [-0.2, 0) is 4.79 Å². The quantitative estimate of drug-likeness (QED) is 0.858. The maximum absolute atomic E-state index is 12.8. The predicted molar refractivity (Wildman–Crippen MR) is 100 cm³/mol. The van der Waals surface area contributed by atoms with Crippen LogP contribution in [0.15, 0.2) is 47.2 Å². The molecule has 1 saturated heterocycles. The average Bonchev–Trinajstić information content (AvgIpc) is 3.15. The van der Waals surface area contributed by atoms with Crippen molar-refractivity contribution in [3.63, 3.8) is 0 Å². The normalized spacial score (nSPS) is 17.5. The highest BCUT2D eigenvalue weighted by Crippen LogP contribution is 2.26. The van der Waals surface area contributed by atoms with E-state index in [0.717, 1.165) is 38.0 Å². The zero-order valence-electron chi connectivity index (χ0n) is 14.3. The Balaban J connectivity index is 1.66. The molecule has 1 aromatic carbocycles. The molecule has 0 aliphatic carbocycles. The molecule has 0 bridgehead atoms. The molecular formula is C20H26N2OS. The Labute approximate surface area is 148 Å². The molecule has 4 heteroatoms. The van der Waals surface area contributed by atoms with Crippen molar-refractivity contribution in [3.8, 4) is 0 Å². The van der Waals surface area contributed by atoms with E-state index in [2.05, 4.69) is 46.1 Å². The second-order valence-corrected chi connectivity index (χ2v) is 7.30. The van der Waals surface area contributed by atoms with Gasteiger partial charge in [0, 0.05) is 5.92 Å². The van der Waals surface area contributed by atoms with E-state index < -0.39 is 0 Å². The van der Waals surface area contributed by atoms with Crippen molar-refractivity contribution >= 4 is 17.2 Å². The number of benzene rings is 1. The first-order valence-corrected chi connectivity index (χ1v) is 9.82. The standard InChI is InChI=1S/C20H26N2OS/c1-2-11-22-12-8-17(9-13-22)20(23)21-19(18-10-14-24-15-18)16-6-4-3-5-7-16/h3-7,10,14-15,17,19H,2,8-9,11-13H2,1H3,(H,21,23). The molecule has 3 nitrogen and oxygen atoms in total. The monoisotopic (exact) mass is 342 g/mol. The van der Waals surface area contributed by atoms with E-state index in [0.29, 0.717) is 0 Å². The summed E-state index contributed by atoms with van der Waals surface area (Å²) in [4.78, 5) is 15.3. The molecule has 0 saturated carbocycles. The molecule has 1 aliphatic rings. The molecule has 128 valence electrons. The SMILES string of the molecule is CCCN1CCC(C(=O)NC(c2ccccc2)c2ccsc2)CC1. The van der Waals surface area contributed by atoms with E-state index in [1.54, 1.807) is 11.3 Å². The summed E-state index contributed by atoms with van der Waals surface area (Å²) in [7, 11) is 0. The fourth-order valence-electron chi connectivity index (χ4n) is 3.44. The maximum Gasteiger partial charge on any atom is 0.223 e. The van der Waals surface area contributed by atoms with Crippen LogP contribution in [-0.4, -0.2) is 30.4 Å². The lowest BCUT2D eigenvalue weighted by atomic mass is 9.94. The molecule has 24 heavy (non-hydrogen) atoms. The molecular weight excluding hydrogens is 316 g/mol. The lowest BCUT2D eigenvalue weighted by molar-refractivity contribution is -0.127. The van der Waals surface area contributed by atoms with Crippen LogP contribution in [0, 0.1) is 5.92 Å². The van der Waals surface area contributed by atoms with Crippen LogP contribution in [0.4, 0.5) is 0 Å². The number of carbonyl (C=O) groups excluding carboxylic acids is 1. The molecule has 1 unspecified atom stereocenters. The molecule has 2 heterocycles. The van der Waals surface area contributed by atoms with Crippen LogP contribution >= 0.6 is 11.3 Å². The summed E-state index contributed by atoms with van der Waals surface area (Å²) in [5.74, 6) is 0.342. The topological polar surface area (TPSA) is 32.3 Å². The van der Waals surface area contributed by atoms with E-state index in [4.69, 9.17) is 0 Å². The molecule has 1 fully saturated rings. The van der Waals surface area contributed by atoms with Gasteiger partial charge in [-0.2, -0.15) is 11.3 Å². The van der Waals surface area contributed by atoms with Gasteiger partial charge in [0.25, 0.3) is 0 Å². The Morgan fingerprint density at radius 3 is 2.58 bits per heavy atom. The molecule has 0 radical (unpaired) electrons. The van der Waals surface area contributed by atoms with Gasteiger partial charge < -0.3 is 10.2 Å². The van der Waals surface area contributed by atoms with Gasteiger partial charge in [-0.1, -0.05) is 37.3 Å². The van der Waals surface area contributed by atoms with Gasteiger partial charge in [0.2, 0.25) is 5.91 Å². The summed E-state index contributed by atoms with van der Waals surface area (Å²) >= 11 is 1.67. The predicted octanol–water partition coefficient (Wildman–Crippen LogP) is 4.08. The minimum absolute atomic E-state index is 0.0429. The van der Waals surface area contributed by atoms with E-state index in [1.807, 2.05) is 18.2 Å². The van der Waals surface area contributed by atoms with Gasteiger partial charge >= 0.3 is 0 Å². The fourth-order valence-corrected chi connectivity index (χ4v) is 4.13. The van der Waals surface area contributed by atoms with Gasteiger partial charge in [0.05, 0.1) is 6.04 Å². The Morgan fingerprint density at radius 2 is 1.96 bits per heavy atom. The maximum atomic E-state index is 12.8. The smallest absolute Gasteiger partial charge is 0.223 e. The van der Waals surface area contributed by atoms with Gasteiger partial charge in [-0.3, -0.25) is 4.79 Å². The Morgan fingerprint density at radius 1 is 1.21 bits per heavy atom. The molecule has 3 rings (SSSR count). The Bertz CT molecular complexity index is 618. The first-order valence-electron chi connectivity index (χ1n) is 8.87. The van der Waals surface area contributed by atoms with Crippen LogP contribution < -0.4 is 5.32 Å². The third-order valence-corrected chi connectivity index (χ3v) is 5.50. The van der Waals surface area contributed by atoms with Gasteiger partial charge in [-0.05, 0) is 66.9 Å². The first kappa shape index (κ1) is 17.2. The second-order valence-electron chi connectivity index (χ2n) is 6.52. The summed E-state index contributed by atoms with van der Waals surface area (Å²) in [6, 6.07) is 12.3. The van der Waals surface area contributed by atoms with Crippen LogP contribution in [0.25, 0.3) is 0 Å². The third kappa shape index (κ3) is 4.25. The van der Waals surface area contributed by atoms with Gasteiger partial charge in [0.1, 0.15) is 0 Å². The highest BCUT2D eigenvalue weighted by molar-refractivity contribution is 7.08. The lowest BCUT2D eigenvalue weighted by Crippen LogP contribution is -2.41. The van der Waals surface area contributed by atoms with Crippen LogP contribution in [0.5, 0.6) is 0 Å². The summed E-state index contributed by atoms with van der Waals surface area (Å²) in [6.45, 7) is 5.45. The number of thiophene rings is 1. The number of carbonyl (C=O) groups is 1. The van der Waals surface area contributed by atoms with E-state index in [1.165, 1.54) is 12.0 Å². The van der Waals surface area contributed by atoms with Crippen molar-refractivity contribution in [2.75, 3.05) is 19.6 Å². The molecule has 1 aliphatic heterocycles. The van der Waals surface area contributed by atoms with Gasteiger partial charge in [-0.25, -0.2) is 0 Å².